The van der Waals surface area contributed by atoms with E-state index in [4.69, 9.17) is 4.42 Å². The molecule has 3 aromatic rings. The Kier molecular flexibility index (Phi) is 5.01. The second-order valence-electron chi connectivity index (χ2n) is 5.46. The molecule has 2 heterocycles. The maximum absolute atomic E-state index is 12.2. The van der Waals surface area contributed by atoms with Gasteiger partial charge in [-0.25, -0.2) is 0 Å². The summed E-state index contributed by atoms with van der Waals surface area (Å²) in [7, 11) is 0. The fourth-order valence-electron chi connectivity index (χ4n) is 2.45. The molecule has 124 valence electrons. The largest absolute Gasteiger partial charge is 0.410 e. The number of thiophene rings is 1. The Balaban J connectivity index is 1.60. The van der Waals surface area contributed by atoms with E-state index < -0.39 is 0 Å². The molecule has 0 saturated carbocycles. The van der Waals surface area contributed by atoms with Gasteiger partial charge in [-0.2, -0.15) is 0 Å². The molecule has 1 N–H and O–H groups in total. The van der Waals surface area contributed by atoms with E-state index in [2.05, 4.69) is 27.6 Å². The van der Waals surface area contributed by atoms with Crippen LogP contribution in [0.5, 0.6) is 0 Å². The summed E-state index contributed by atoms with van der Waals surface area (Å²) in [5.41, 5.74) is 4.17. The molecular weight excluding hydrogens is 342 g/mol. The molecule has 0 bridgehead atoms. The van der Waals surface area contributed by atoms with Crippen LogP contribution in [0, 0.1) is 20.8 Å². The Morgan fingerprint density at radius 2 is 2.00 bits per heavy atom. The van der Waals surface area contributed by atoms with Crippen LogP contribution in [0.1, 0.15) is 16.7 Å². The quantitative estimate of drug-likeness (QED) is 0.682. The Hall–Kier alpha value is -2.12. The number of carbonyl (C=O) groups excluding carboxylic acids is 1. The van der Waals surface area contributed by atoms with Crippen LogP contribution in [-0.2, 0) is 4.79 Å². The molecule has 0 aliphatic heterocycles. The number of nitrogens with one attached hydrogen (secondary N) is 1. The number of nitrogens with zero attached hydrogens (tertiary/aromatic N) is 2. The van der Waals surface area contributed by atoms with Crippen molar-refractivity contribution in [2.75, 3.05) is 11.1 Å². The lowest BCUT2D eigenvalue weighted by molar-refractivity contribution is -0.113. The molecule has 3 rings (SSSR count). The predicted molar refractivity (Wildman–Crippen MR) is 97.6 cm³/mol. The Bertz CT molecular complexity index is 834. The standard InChI is InChI=1S/C17H17N3O2S2/c1-10-7-11(2)15(12(3)8-10)18-14(21)9-24-17-20-19-16(22-17)13-5-4-6-23-13/h4-8H,9H2,1-3H3,(H,18,21). The molecule has 0 spiro atoms. The number of aromatic nitrogens is 2. The third-order valence-electron chi connectivity index (χ3n) is 3.41. The van der Waals surface area contributed by atoms with Crippen molar-refractivity contribution in [3.63, 3.8) is 0 Å². The second-order valence-corrected chi connectivity index (χ2v) is 7.34. The minimum atomic E-state index is -0.0917. The van der Waals surface area contributed by atoms with E-state index in [1.165, 1.54) is 28.7 Å². The van der Waals surface area contributed by atoms with Gasteiger partial charge in [0.05, 0.1) is 10.6 Å². The van der Waals surface area contributed by atoms with Gasteiger partial charge in [0.2, 0.25) is 5.91 Å². The van der Waals surface area contributed by atoms with Crippen molar-refractivity contribution in [3.05, 3.63) is 46.3 Å². The first-order chi connectivity index (χ1) is 11.5. The topological polar surface area (TPSA) is 68.0 Å². The smallest absolute Gasteiger partial charge is 0.277 e. The molecule has 1 aromatic carbocycles. The molecule has 2 aromatic heterocycles. The number of aryl methyl sites for hydroxylation is 3. The van der Waals surface area contributed by atoms with Gasteiger partial charge >= 0.3 is 0 Å². The highest BCUT2D eigenvalue weighted by Crippen LogP contribution is 2.27. The summed E-state index contributed by atoms with van der Waals surface area (Å²) in [5.74, 6) is 0.614. The Labute approximate surface area is 148 Å². The van der Waals surface area contributed by atoms with Crippen molar-refractivity contribution >= 4 is 34.7 Å². The lowest BCUT2D eigenvalue weighted by Gasteiger charge is -2.12. The van der Waals surface area contributed by atoms with Crippen LogP contribution in [0.25, 0.3) is 10.8 Å². The van der Waals surface area contributed by atoms with Crippen LogP contribution in [0.3, 0.4) is 0 Å². The van der Waals surface area contributed by atoms with E-state index in [1.54, 1.807) is 0 Å². The summed E-state index contributed by atoms with van der Waals surface area (Å²) in [6.07, 6.45) is 0. The van der Waals surface area contributed by atoms with Crippen LogP contribution < -0.4 is 5.32 Å². The average molecular weight is 359 g/mol. The van der Waals surface area contributed by atoms with Gasteiger partial charge in [0.1, 0.15) is 0 Å². The predicted octanol–water partition coefficient (Wildman–Crippen LogP) is 4.45. The number of benzene rings is 1. The number of amides is 1. The number of anilines is 1. The lowest BCUT2D eigenvalue weighted by atomic mass is 10.1. The number of rotatable bonds is 5. The molecule has 0 saturated heterocycles. The van der Waals surface area contributed by atoms with Crippen LogP contribution in [0.2, 0.25) is 0 Å². The lowest BCUT2D eigenvalue weighted by Crippen LogP contribution is -2.15. The zero-order chi connectivity index (χ0) is 17.1. The summed E-state index contributed by atoms with van der Waals surface area (Å²) < 4.78 is 5.56. The summed E-state index contributed by atoms with van der Waals surface area (Å²) in [5, 5.41) is 13.3. The molecule has 5 nitrogen and oxygen atoms in total. The highest BCUT2D eigenvalue weighted by Gasteiger charge is 2.13. The number of hydrogen-bond donors (Lipinski definition) is 1. The van der Waals surface area contributed by atoms with Crippen molar-refractivity contribution in [2.24, 2.45) is 0 Å². The zero-order valence-electron chi connectivity index (χ0n) is 13.6. The molecule has 0 unspecified atom stereocenters. The monoisotopic (exact) mass is 359 g/mol. The minimum Gasteiger partial charge on any atom is -0.410 e. The normalized spacial score (nSPS) is 10.8. The molecule has 0 aliphatic rings. The number of carbonyl (C=O) groups is 1. The van der Waals surface area contributed by atoms with Crippen molar-refractivity contribution in [1.29, 1.82) is 0 Å². The molecule has 0 fully saturated rings. The maximum Gasteiger partial charge on any atom is 0.277 e. The first-order valence-corrected chi connectivity index (χ1v) is 9.27. The van der Waals surface area contributed by atoms with Gasteiger partial charge in [-0.1, -0.05) is 35.5 Å². The van der Waals surface area contributed by atoms with Gasteiger partial charge in [0.15, 0.2) is 0 Å². The minimum absolute atomic E-state index is 0.0917. The first-order valence-electron chi connectivity index (χ1n) is 7.41. The van der Waals surface area contributed by atoms with Crippen molar-refractivity contribution in [2.45, 2.75) is 26.0 Å². The summed E-state index contributed by atoms with van der Waals surface area (Å²) >= 11 is 2.77. The van der Waals surface area contributed by atoms with E-state index in [0.717, 1.165) is 21.7 Å². The van der Waals surface area contributed by atoms with Gasteiger partial charge in [-0.05, 0) is 43.3 Å². The van der Waals surface area contributed by atoms with E-state index >= 15 is 0 Å². The highest BCUT2D eigenvalue weighted by atomic mass is 32.2. The summed E-state index contributed by atoms with van der Waals surface area (Å²) in [6.45, 7) is 6.03. The van der Waals surface area contributed by atoms with Crippen molar-refractivity contribution in [3.8, 4) is 10.8 Å². The maximum atomic E-state index is 12.2. The van der Waals surface area contributed by atoms with E-state index in [-0.39, 0.29) is 11.7 Å². The Morgan fingerprint density at radius 3 is 2.67 bits per heavy atom. The average Bonchev–Trinajstić information content (AvgIpc) is 3.19. The third-order valence-corrected chi connectivity index (χ3v) is 5.08. The van der Waals surface area contributed by atoms with E-state index in [9.17, 15) is 4.79 Å². The second kappa shape index (κ2) is 7.19. The number of thioether (sulfide) groups is 1. The van der Waals surface area contributed by atoms with Crippen molar-refractivity contribution < 1.29 is 9.21 Å². The fraction of sp³-hybridized carbons (Fsp3) is 0.235. The molecule has 7 heteroatoms. The summed E-state index contributed by atoms with van der Waals surface area (Å²) in [4.78, 5) is 13.1. The summed E-state index contributed by atoms with van der Waals surface area (Å²) in [6, 6.07) is 7.96. The molecule has 24 heavy (non-hydrogen) atoms. The van der Waals surface area contributed by atoms with Gasteiger partial charge in [0, 0.05) is 5.69 Å². The van der Waals surface area contributed by atoms with Crippen LogP contribution in [0.15, 0.2) is 39.3 Å². The highest BCUT2D eigenvalue weighted by molar-refractivity contribution is 7.99. The molecule has 1 amide bonds. The fourth-order valence-corrected chi connectivity index (χ4v) is 3.66. The van der Waals surface area contributed by atoms with E-state index in [0.29, 0.717) is 11.1 Å². The zero-order valence-corrected chi connectivity index (χ0v) is 15.3. The van der Waals surface area contributed by atoms with Gasteiger partial charge in [-0.3, -0.25) is 4.79 Å². The van der Waals surface area contributed by atoms with Gasteiger partial charge in [-0.15, -0.1) is 21.5 Å². The molecule has 0 radical (unpaired) electrons. The van der Waals surface area contributed by atoms with Crippen molar-refractivity contribution in [1.82, 2.24) is 10.2 Å². The molecule has 0 atom stereocenters. The van der Waals surface area contributed by atoms with E-state index in [1.807, 2.05) is 38.3 Å². The van der Waals surface area contributed by atoms with Crippen LogP contribution >= 0.6 is 23.1 Å². The van der Waals surface area contributed by atoms with Crippen LogP contribution in [-0.4, -0.2) is 21.9 Å². The molecule has 0 aliphatic carbocycles. The number of hydrogen-bond acceptors (Lipinski definition) is 6. The molecular formula is C17H17N3O2S2. The van der Waals surface area contributed by atoms with Gasteiger partial charge < -0.3 is 9.73 Å². The Morgan fingerprint density at radius 1 is 1.25 bits per heavy atom. The third kappa shape index (κ3) is 3.85. The first kappa shape index (κ1) is 16.7. The van der Waals surface area contributed by atoms with Crippen LogP contribution in [0.4, 0.5) is 5.69 Å². The van der Waals surface area contributed by atoms with Gasteiger partial charge in [0.25, 0.3) is 11.1 Å². The SMILES string of the molecule is Cc1cc(C)c(NC(=O)CSc2nnc(-c3cccs3)o2)c(C)c1.